The van der Waals surface area contributed by atoms with Gasteiger partial charge in [0, 0.05) is 24.7 Å². The number of para-hydroxylation sites is 1. The van der Waals surface area contributed by atoms with Gasteiger partial charge in [0.1, 0.15) is 0 Å². The Morgan fingerprint density at radius 1 is 1.19 bits per heavy atom. The summed E-state index contributed by atoms with van der Waals surface area (Å²) in [6.07, 6.45) is 1.94. The molecule has 0 spiro atoms. The molecular formula is C20H25N3O3S. The second-order valence-electron chi connectivity index (χ2n) is 6.55. The van der Waals surface area contributed by atoms with Gasteiger partial charge in [-0.15, -0.1) is 0 Å². The van der Waals surface area contributed by atoms with Gasteiger partial charge in [-0.25, -0.2) is 8.42 Å². The second kappa shape index (κ2) is 8.54. The third-order valence-corrected chi connectivity index (χ3v) is 6.55. The summed E-state index contributed by atoms with van der Waals surface area (Å²) in [7, 11) is -3.75. The number of hydrogen-bond acceptors (Lipinski definition) is 4. The zero-order valence-electron chi connectivity index (χ0n) is 15.4. The van der Waals surface area contributed by atoms with Crippen molar-refractivity contribution in [2.75, 3.05) is 23.9 Å². The van der Waals surface area contributed by atoms with Crippen LogP contribution in [-0.2, 0) is 10.0 Å². The molecule has 0 saturated carbocycles. The monoisotopic (exact) mass is 387 g/mol. The minimum absolute atomic E-state index is 0.0722. The van der Waals surface area contributed by atoms with Gasteiger partial charge in [-0.05, 0) is 56.6 Å². The lowest BCUT2D eigenvalue weighted by atomic mass is 10.1. The van der Waals surface area contributed by atoms with Crippen LogP contribution < -0.4 is 14.9 Å². The van der Waals surface area contributed by atoms with Crippen LogP contribution in [0.2, 0.25) is 0 Å². The third kappa shape index (κ3) is 4.48. The van der Waals surface area contributed by atoms with Crippen LogP contribution in [0, 0.1) is 0 Å². The average molecular weight is 388 g/mol. The van der Waals surface area contributed by atoms with E-state index in [1.54, 1.807) is 43.3 Å². The fourth-order valence-electron chi connectivity index (χ4n) is 3.25. The van der Waals surface area contributed by atoms with Crippen molar-refractivity contribution in [3.8, 4) is 0 Å². The summed E-state index contributed by atoms with van der Waals surface area (Å²) >= 11 is 0. The number of sulfonamides is 1. The van der Waals surface area contributed by atoms with Crippen LogP contribution in [0.1, 0.15) is 30.1 Å². The highest BCUT2D eigenvalue weighted by Crippen LogP contribution is 2.23. The molecule has 1 aliphatic rings. The van der Waals surface area contributed by atoms with E-state index in [9.17, 15) is 13.2 Å². The van der Waals surface area contributed by atoms with Gasteiger partial charge in [-0.2, -0.15) is 0 Å². The van der Waals surface area contributed by atoms with E-state index in [4.69, 9.17) is 0 Å². The molecule has 1 aliphatic heterocycles. The fourth-order valence-corrected chi connectivity index (χ4v) is 4.77. The molecule has 2 N–H and O–H groups in total. The highest BCUT2D eigenvalue weighted by Gasteiger charge is 2.25. The topological polar surface area (TPSA) is 78.5 Å². The first kappa shape index (κ1) is 19.4. The molecule has 7 heteroatoms. The van der Waals surface area contributed by atoms with Crippen molar-refractivity contribution in [1.29, 1.82) is 0 Å². The lowest BCUT2D eigenvalue weighted by Crippen LogP contribution is -2.45. The number of rotatable bonds is 6. The second-order valence-corrected chi connectivity index (χ2v) is 8.41. The van der Waals surface area contributed by atoms with Crippen molar-refractivity contribution in [3.05, 3.63) is 60.2 Å². The summed E-state index contributed by atoms with van der Waals surface area (Å²) in [5.41, 5.74) is 0.953. The number of nitrogens with one attached hydrogen (secondary N) is 2. The third-order valence-electron chi connectivity index (χ3n) is 4.65. The lowest BCUT2D eigenvalue weighted by molar-refractivity contribution is 0.0930. The van der Waals surface area contributed by atoms with Gasteiger partial charge < -0.3 is 10.6 Å². The largest absolute Gasteiger partial charge is 0.348 e. The van der Waals surface area contributed by atoms with Crippen molar-refractivity contribution >= 4 is 21.6 Å². The predicted octanol–water partition coefficient (Wildman–Crippen LogP) is 2.38. The zero-order chi connectivity index (χ0) is 19.3. The van der Waals surface area contributed by atoms with Gasteiger partial charge in [0.15, 0.2) is 0 Å². The summed E-state index contributed by atoms with van der Waals surface area (Å²) in [5.74, 6) is -0.247. The molecule has 2 aromatic rings. The highest BCUT2D eigenvalue weighted by molar-refractivity contribution is 7.92. The maximum Gasteiger partial charge on any atom is 0.264 e. The molecule has 1 atom stereocenters. The van der Waals surface area contributed by atoms with Gasteiger partial charge in [-0.1, -0.05) is 24.3 Å². The molecule has 1 saturated heterocycles. The number of hydrogen-bond donors (Lipinski definition) is 2. The van der Waals surface area contributed by atoms with Crippen LogP contribution in [0.4, 0.5) is 5.69 Å². The molecule has 0 aliphatic carbocycles. The van der Waals surface area contributed by atoms with Crippen molar-refractivity contribution in [1.82, 2.24) is 10.6 Å². The molecule has 6 nitrogen and oxygen atoms in total. The van der Waals surface area contributed by atoms with Crippen LogP contribution in [0.3, 0.4) is 0 Å². The Balaban J connectivity index is 1.84. The zero-order valence-corrected chi connectivity index (χ0v) is 16.2. The van der Waals surface area contributed by atoms with Crippen LogP contribution in [0.5, 0.6) is 0 Å². The number of nitrogens with zero attached hydrogens (tertiary/aromatic N) is 1. The van der Waals surface area contributed by atoms with Crippen molar-refractivity contribution in [2.24, 2.45) is 0 Å². The summed E-state index contributed by atoms with van der Waals surface area (Å²) in [6.45, 7) is 3.79. The van der Waals surface area contributed by atoms with E-state index in [1.165, 1.54) is 16.4 Å². The van der Waals surface area contributed by atoms with Gasteiger partial charge in [0.2, 0.25) is 0 Å². The fraction of sp³-hybridized carbons (Fsp3) is 0.350. The standard InChI is InChI=1S/C20H25N3O3S/c1-2-23(18-10-4-3-5-11-18)27(25,26)19-12-6-8-16(14-19)20(24)22-17-9-7-13-21-15-17/h3-6,8,10-12,14,17,21H,2,7,9,13,15H2,1H3,(H,22,24). The summed E-state index contributed by atoms with van der Waals surface area (Å²) in [4.78, 5) is 12.7. The quantitative estimate of drug-likeness (QED) is 0.798. The number of benzene rings is 2. The molecule has 27 heavy (non-hydrogen) atoms. The van der Waals surface area contributed by atoms with Gasteiger partial charge in [0.25, 0.3) is 15.9 Å². The van der Waals surface area contributed by atoms with Crippen molar-refractivity contribution < 1.29 is 13.2 Å². The number of carbonyl (C=O) groups excluding carboxylic acids is 1. The molecule has 0 radical (unpaired) electrons. The SMILES string of the molecule is CCN(c1ccccc1)S(=O)(=O)c1cccc(C(=O)NC2CCCNC2)c1. The van der Waals surface area contributed by atoms with Gasteiger partial charge >= 0.3 is 0 Å². The minimum Gasteiger partial charge on any atom is -0.348 e. The Labute approximate surface area is 160 Å². The molecule has 0 bridgehead atoms. The Morgan fingerprint density at radius 2 is 1.96 bits per heavy atom. The normalized spacial score (nSPS) is 17.3. The predicted molar refractivity (Wildman–Crippen MR) is 106 cm³/mol. The molecule has 3 rings (SSSR count). The number of anilines is 1. The Bertz CT molecular complexity index is 878. The van der Waals surface area contributed by atoms with E-state index >= 15 is 0 Å². The highest BCUT2D eigenvalue weighted by atomic mass is 32.2. The maximum atomic E-state index is 13.1. The lowest BCUT2D eigenvalue weighted by Gasteiger charge is -2.24. The molecule has 144 valence electrons. The summed E-state index contributed by atoms with van der Waals surface area (Å²) in [6, 6.07) is 15.3. The molecule has 1 heterocycles. The number of piperidine rings is 1. The van der Waals surface area contributed by atoms with Crippen LogP contribution in [0.25, 0.3) is 0 Å². The minimum atomic E-state index is -3.75. The van der Waals surface area contributed by atoms with Crippen molar-refractivity contribution in [2.45, 2.75) is 30.7 Å². The molecule has 0 aromatic heterocycles. The molecule has 2 aromatic carbocycles. The number of carbonyl (C=O) groups is 1. The molecular weight excluding hydrogens is 362 g/mol. The van der Waals surface area contributed by atoms with Gasteiger partial charge in [-0.3, -0.25) is 9.10 Å². The van der Waals surface area contributed by atoms with Crippen LogP contribution >= 0.6 is 0 Å². The molecule has 1 unspecified atom stereocenters. The Hall–Kier alpha value is -2.38. The Morgan fingerprint density at radius 3 is 2.63 bits per heavy atom. The van der Waals surface area contributed by atoms with Crippen LogP contribution in [-0.4, -0.2) is 40.0 Å². The smallest absolute Gasteiger partial charge is 0.264 e. The van der Waals surface area contributed by atoms with E-state index < -0.39 is 10.0 Å². The first-order chi connectivity index (χ1) is 13.0. The van der Waals surface area contributed by atoms with E-state index in [0.29, 0.717) is 17.8 Å². The van der Waals surface area contributed by atoms with Crippen LogP contribution in [0.15, 0.2) is 59.5 Å². The first-order valence-corrected chi connectivity index (χ1v) is 10.7. The maximum absolute atomic E-state index is 13.1. The summed E-state index contributed by atoms with van der Waals surface area (Å²) in [5, 5.41) is 6.23. The molecule has 1 fully saturated rings. The van der Waals surface area contributed by atoms with E-state index in [0.717, 1.165) is 25.9 Å². The summed E-state index contributed by atoms with van der Waals surface area (Å²) < 4.78 is 27.6. The van der Waals surface area contributed by atoms with E-state index in [2.05, 4.69) is 10.6 Å². The van der Waals surface area contributed by atoms with E-state index in [1.807, 2.05) is 6.07 Å². The first-order valence-electron chi connectivity index (χ1n) is 9.22. The Kier molecular flexibility index (Phi) is 6.13. The van der Waals surface area contributed by atoms with Gasteiger partial charge in [0.05, 0.1) is 10.6 Å². The molecule has 1 amide bonds. The average Bonchev–Trinajstić information content (AvgIpc) is 2.70. The van der Waals surface area contributed by atoms with E-state index in [-0.39, 0.29) is 16.8 Å². The number of amides is 1. The van der Waals surface area contributed by atoms with Crippen molar-refractivity contribution in [3.63, 3.8) is 0 Å².